The number of ketones is 2. The van der Waals surface area contributed by atoms with Crippen LogP contribution in [-0.4, -0.2) is 28.1 Å². The van der Waals surface area contributed by atoms with Gasteiger partial charge in [0.2, 0.25) is 17.4 Å². The van der Waals surface area contributed by atoms with Crippen LogP contribution in [0.2, 0.25) is 0 Å². The van der Waals surface area contributed by atoms with Gasteiger partial charge in [0.25, 0.3) is 0 Å². The normalized spacial score (nSPS) is 10.4. The second kappa shape index (κ2) is 9.61. The van der Waals surface area contributed by atoms with E-state index in [2.05, 4.69) is 9.97 Å². The van der Waals surface area contributed by atoms with E-state index in [1.165, 1.54) is 24.5 Å². The van der Waals surface area contributed by atoms with Crippen molar-refractivity contribution in [3.05, 3.63) is 114 Å². The van der Waals surface area contributed by atoms with Gasteiger partial charge in [0.05, 0.1) is 11.1 Å². The lowest BCUT2D eigenvalue weighted by atomic mass is 10.1. The van der Waals surface area contributed by atoms with Crippen molar-refractivity contribution in [2.24, 2.45) is 0 Å². The zero-order valence-electron chi connectivity index (χ0n) is 16.8. The highest BCUT2D eigenvalue weighted by atomic mass is 19.1. The minimum absolute atomic E-state index is 0.00692. The van der Waals surface area contributed by atoms with E-state index in [0.29, 0.717) is 0 Å². The summed E-state index contributed by atoms with van der Waals surface area (Å²) in [5.74, 6) is -0.890. The first-order valence-corrected chi connectivity index (χ1v) is 9.71. The number of aromatic nitrogens is 2. The molecule has 7 heteroatoms. The van der Waals surface area contributed by atoms with Crippen LogP contribution >= 0.6 is 0 Å². The molecule has 0 fully saturated rings. The largest absolute Gasteiger partial charge is 0.485 e. The molecule has 4 rings (SSSR count). The summed E-state index contributed by atoms with van der Waals surface area (Å²) < 4.78 is 25.2. The van der Waals surface area contributed by atoms with Gasteiger partial charge in [0.15, 0.2) is 18.2 Å². The summed E-state index contributed by atoms with van der Waals surface area (Å²) in [5.41, 5.74) is 0.466. The van der Waals surface area contributed by atoms with Gasteiger partial charge in [-0.15, -0.1) is 0 Å². The first kappa shape index (κ1) is 20.9. The lowest BCUT2D eigenvalue weighted by Gasteiger charge is -2.13. The summed E-state index contributed by atoms with van der Waals surface area (Å²) in [6.45, 7) is -0.350. The number of halogens is 1. The molecule has 3 aromatic carbocycles. The zero-order chi connectivity index (χ0) is 22.3. The third-order valence-corrected chi connectivity index (χ3v) is 4.50. The third-order valence-electron chi connectivity index (χ3n) is 4.50. The SMILES string of the molecule is O=C(COc1ccccc1C(=O)c1ncccn1)c1ccccc1Oc1ccccc1F. The summed E-state index contributed by atoms with van der Waals surface area (Å²) in [4.78, 5) is 33.5. The lowest BCUT2D eigenvalue weighted by molar-refractivity contribution is 0.0912. The number of carbonyl (C=O) groups is 2. The van der Waals surface area contributed by atoms with Gasteiger partial charge in [-0.25, -0.2) is 14.4 Å². The van der Waals surface area contributed by atoms with Crippen LogP contribution in [0.1, 0.15) is 26.5 Å². The predicted molar refractivity (Wildman–Crippen MR) is 115 cm³/mol. The average molecular weight is 428 g/mol. The molecule has 0 aliphatic rings. The first-order chi connectivity index (χ1) is 15.6. The van der Waals surface area contributed by atoms with Crippen molar-refractivity contribution in [3.8, 4) is 17.2 Å². The molecule has 1 heterocycles. The van der Waals surface area contributed by atoms with Crippen LogP contribution in [0.5, 0.6) is 17.2 Å². The molecule has 0 spiro atoms. The number of hydrogen-bond acceptors (Lipinski definition) is 6. The predicted octanol–water partition coefficient (Wildman–Crippen LogP) is 4.90. The van der Waals surface area contributed by atoms with Crippen LogP contribution < -0.4 is 9.47 Å². The fourth-order valence-electron chi connectivity index (χ4n) is 2.97. The summed E-state index contributed by atoms with van der Waals surface area (Å²) in [6.07, 6.45) is 2.94. The Labute approximate surface area is 183 Å². The van der Waals surface area contributed by atoms with Crippen molar-refractivity contribution in [3.63, 3.8) is 0 Å². The number of ether oxygens (including phenoxy) is 2. The second-order valence-electron chi connectivity index (χ2n) is 6.64. The summed E-state index contributed by atoms with van der Waals surface area (Å²) in [7, 11) is 0. The summed E-state index contributed by atoms with van der Waals surface area (Å²) in [5, 5.41) is 0. The van der Waals surface area contributed by atoms with E-state index in [0.717, 1.165) is 0 Å². The number of rotatable bonds is 8. The van der Waals surface area contributed by atoms with Gasteiger partial charge in [-0.2, -0.15) is 0 Å². The number of Topliss-reactive ketones (excluding diaryl/α,β-unsaturated/α-hetero) is 1. The Hall–Kier alpha value is -4.39. The van der Waals surface area contributed by atoms with Gasteiger partial charge in [0, 0.05) is 12.4 Å². The highest BCUT2D eigenvalue weighted by Gasteiger charge is 2.19. The lowest BCUT2D eigenvalue weighted by Crippen LogP contribution is -2.15. The molecule has 1 aromatic heterocycles. The van der Waals surface area contributed by atoms with Crippen LogP contribution in [0.15, 0.2) is 91.3 Å². The second-order valence-corrected chi connectivity index (χ2v) is 6.64. The minimum Gasteiger partial charge on any atom is -0.485 e. The van der Waals surface area contributed by atoms with Crippen molar-refractivity contribution < 1.29 is 23.5 Å². The molecule has 158 valence electrons. The van der Waals surface area contributed by atoms with E-state index in [1.807, 2.05) is 0 Å². The van der Waals surface area contributed by atoms with Crippen molar-refractivity contribution >= 4 is 11.6 Å². The van der Waals surface area contributed by atoms with Crippen LogP contribution in [0.25, 0.3) is 0 Å². The number of hydrogen-bond donors (Lipinski definition) is 0. The fraction of sp³-hybridized carbons (Fsp3) is 0.0400. The molecule has 0 N–H and O–H groups in total. The van der Waals surface area contributed by atoms with Crippen LogP contribution in [0.4, 0.5) is 4.39 Å². The topological polar surface area (TPSA) is 78.4 Å². The molecule has 0 saturated carbocycles. The van der Waals surface area contributed by atoms with Crippen molar-refractivity contribution in [2.75, 3.05) is 6.61 Å². The van der Waals surface area contributed by atoms with E-state index in [1.54, 1.807) is 66.7 Å². The Bertz CT molecular complexity index is 1260. The standard InChI is InChI=1S/C25H17FN2O4/c26-19-10-3-6-13-23(19)32-22-12-5-1-8-17(22)20(29)16-31-21-11-4-2-9-18(21)24(30)25-27-14-7-15-28-25/h1-15H,16H2. The quantitative estimate of drug-likeness (QED) is 0.372. The summed E-state index contributed by atoms with van der Waals surface area (Å²) >= 11 is 0. The average Bonchev–Trinajstić information content (AvgIpc) is 2.84. The van der Waals surface area contributed by atoms with E-state index >= 15 is 0 Å². The molecule has 0 atom stereocenters. The maximum absolute atomic E-state index is 14.0. The smallest absolute Gasteiger partial charge is 0.233 e. The Morgan fingerprint density at radius 3 is 2.03 bits per heavy atom. The van der Waals surface area contributed by atoms with E-state index in [-0.39, 0.29) is 40.8 Å². The van der Waals surface area contributed by atoms with Crippen LogP contribution in [-0.2, 0) is 0 Å². The number of benzene rings is 3. The monoisotopic (exact) mass is 428 g/mol. The van der Waals surface area contributed by atoms with Gasteiger partial charge >= 0.3 is 0 Å². The van der Waals surface area contributed by atoms with Crippen LogP contribution in [0, 0.1) is 5.82 Å². The number of carbonyl (C=O) groups excluding carboxylic acids is 2. The minimum atomic E-state index is -0.540. The zero-order valence-corrected chi connectivity index (χ0v) is 16.8. The van der Waals surface area contributed by atoms with Gasteiger partial charge < -0.3 is 9.47 Å². The molecule has 32 heavy (non-hydrogen) atoms. The third kappa shape index (κ3) is 4.67. The molecule has 0 aliphatic carbocycles. The Morgan fingerprint density at radius 1 is 0.719 bits per heavy atom. The highest BCUT2D eigenvalue weighted by Crippen LogP contribution is 2.28. The van der Waals surface area contributed by atoms with Crippen molar-refractivity contribution in [2.45, 2.75) is 0 Å². The number of para-hydroxylation sites is 3. The Balaban J connectivity index is 1.52. The van der Waals surface area contributed by atoms with E-state index < -0.39 is 17.4 Å². The highest BCUT2D eigenvalue weighted by molar-refractivity contribution is 6.08. The molecule has 6 nitrogen and oxygen atoms in total. The fourth-order valence-corrected chi connectivity index (χ4v) is 2.97. The van der Waals surface area contributed by atoms with Gasteiger partial charge in [-0.3, -0.25) is 9.59 Å². The van der Waals surface area contributed by atoms with Crippen molar-refractivity contribution in [1.82, 2.24) is 9.97 Å². The molecular formula is C25H17FN2O4. The maximum atomic E-state index is 14.0. The maximum Gasteiger partial charge on any atom is 0.233 e. The first-order valence-electron chi connectivity index (χ1n) is 9.71. The van der Waals surface area contributed by atoms with E-state index in [4.69, 9.17) is 9.47 Å². The molecule has 0 bridgehead atoms. The van der Waals surface area contributed by atoms with Gasteiger partial charge in [-0.1, -0.05) is 36.4 Å². The molecule has 0 radical (unpaired) electrons. The Kier molecular flexibility index (Phi) is 6.27. The molecular weight excluding hydrogens is 411 g/mol. The molecule has 0 aliphatic heterocycles. The van der Waals surface area contributed by atoms with E-state index in [9.17, 15) is 14.0 Å². The van der Waals surface area contributed by atoms with Crippen LogP contribution in [0.3, 0.4) is 0 Å². The summed E-state index contributed by atoms with van der Waals surface area (Å²) in [6, 6.07) is 20.6. The molecule has 0 saturated heterocycles. The van der Waals surface area contributed by atoms with Gasteiger partial charge in [0.1, 0.15) is 11.5 Å². The Morgan fingerprint density at radius 2 is 1.31 bits per heavy atom. The van der Waals surface area contributed by atoms with Crippen molar-refractivity contribution in [1.29, 1.82) is 0 Å². The molecule has 0 amide bonds. The molecule has 4 aromatic rings. The molecule has 0 unspecified atom stereocenters. The van der Waals surface area contributed by atoms with Gasteiger partial charge in [-0.05, 0) is 42.5 Å². The number of nitrogens with zero attached hydrogens (tertiary/aromatic N) is 2.